The molecule has 0 aromatic rings. The van der Waals surface area contributed by atoms with Gasteiger partial charge in [-0.05, 0) is 46.2 Å². The Labute approximate surface area is 99.8 Å². The summed E-state index contributed by atoms with van der Waals surface area (Å²) in [6.07, 6.45) is 8.68. The van der Waals surface area contributed by atoms with Gasteiger partial charge in [-0.1, -0.05) is 25.8 Å². The summed E-state index contributed by atoms with van der Waals surface area (Å²) in [4.78, 5) is 11.4. The minimum Gasteiger partial charge on any atom is -0.308 e. The van der Waals surface area contributed by atoms with E-state index in [2.05, 4.69) is 17.6 Å². The van der Waals surface area contributed by atoms with Gasteiger partial charge in [-0.3, -0.25) is 4.79 Å². The van der Waals surface area contributed by atoms with E-state index in [-0.39, 0.29) is 11.3 Å². The molecule has 2 heteroatoms. The number of carbonyl (C=O) groups excluding carboxylic acids is 1. The average Bonchev–Trinajstić information content (AvgIpc) is 2.27. The van der Waals surface area contributed by atoms with Crippen molar-refractivity contribution >= 4 is 5.78 Å². The van der Waals surface area contributed by atoms with E-state index in [9.17, 15) is 4.79 Å². The third kappa shape index (κ3) is 5.89. The molecule has 0 spiro atoms. The fourth-order valence-electron chi connectivity index (χ4n) is 1.66. The maximum atomic E-state index is 11.4. The van der Waals surface area contributed by atoms with Crippen molar-refractivity contribution in [3.8, 4) is 0 Å². The van der Waals surface area contributed by atoms with Crippen LogP contribution in [0.4, 0.5) is 0 Å². The molecule has 0 aromatic carbocycles. The molecule has 0 aliphatic heterocycles. The molecular weight excluding hydrogens is 198 g/mol. The van der Waals surface area contributed by atoms with Gasteiger partial charge in [0.1, 0.15) is 5.78 Å². The normalized spacial score (nSPS) is 13.9. The Morgan fingerprint density at radius 1 is 1.38 bits per heavy atom. The van der Waals surface area contributed by atoms with Crippen molar-refractivity contribution in [2.45, 2.75) is 57.9 Å². The lowest BCUT2D eigenvalue weighted by Crippen LogP contribution is -2.46. The third-order valence-electron chi connectivity index (χ3n) is 3.25. The molecular formula is C14H25NO. The summed E-state index contributed by atoms with van der Waals surface area (Å²) in [5.41, 5.74) is 2.44. The zero-order valence-corrected chi connectivity index (χ0v) is 10.9. The SMILES string of the molecule is C=C=CCCCCCC[C@@](C)(NC)C(C)=O. The van der Waals surface area contributed by atoms with Gasteiger partial charge in [0, 0.05) is 0 Å². The molecule has 0 aromatic heterocycles. The average molecular weight is 223 g/mol. The minimum atomic E-state index is -0.332. The van der Waals surface area contributed by atoms with E-state index in [1.54, 1.807) is 6.92 Å². The van der Waals surface area contributed by atoms with Crippen molar-refractivity contribution in [1.82, 2.24) is 5.32 Å². The molecule has 1 atom stereocenters. The van der Waals surface area contributed by atoms with Crippen LogP contribution in [0, 0.1) is 0 Å². The monoisotopic (exact) mass is 223 g/mol. The van der Waals surface area contributed by atoms with E-state index in [4.69, 9.17) is 0 Å². The summed E-state index contributed by atoms with van der Waals surface area (Å²) in [5, 5.41) is 3.12. The second-order valence-corrected chi connectivity index (χ2v) is 4.50. The third-order valence-corrected chi connectivity index (χ3v) is 3.25. The van der Waals surface area contributed by atoms with Gasteiger partial charge in [0.25, 0.3) is 0 Å². The highest BCUT2D eigenvalue weighted by Crippen LogP contribution is 2.16. The minimum absolute atomic E-state index is 0.226. The first kappa shape index (κ1) is 15.2. The molecule has 0 unspecified atom stereocenters. The summed E-state index contributed by atoms with van der Waals surface area (Å²) >= 11 is 0. The van der Waals surface area contributed by atoms with Crippen LogP contribution >= 0.6 is 0 Å². The van der Waals surface area contributed by atoms with Gasteiger partial charge < -0.3 is 5.32 Å². The Morgan fingerprint density at radius 2 is 2.00 bits per heavy atom. The zero-order valence-electron chi connectivity index (χ0n) is 10.9. The number of Topliss-reactive ketones (excluding diaryl/α,β-unsaturated/α-hetero) is 1. The van der Waals surface area contributed by atoms with Gasteiger partial charge in [-0.2, -0.15) is 0 Å². The summed E-state index contributed by atoms with van der Waals surface area (Å²) in [6.45, 7) is 7.17. The second kappa shape index (κ2) is 8.32. The molecule has 0 amide bonds. The number of hydrogen-bond donors (Lipinski definition) is 1. The largest absolute Gasteiger partial charge is 0.308 e. The second-order valence-electron chi connectivity index (χ2n) is 4.50. The first-order chi connectivity index (χ1) is 7.56. The molecule has 0 heterocycles. The Morgan fingerprint density at radius 3 is 2.50 bits per heavy atom. The van der Waals surface area contributed by atoms with Crippen molar-refractivity contribution < 1.29 is 4.79 Å². The lowest BCUT2D eigenvalue weighted by atomic mass is 9.90. The summed E-state index contributed by atoms with van der Waals surface area (Å²) in [5.74, 6) is 0.226. The number of allylic oxidation sites excluding steroid dienone is 1. The molecule has 0 fully saturated rings. The maximum absolute atomic E-state index is 11.4. The molecule has 1 N–H and O–H groups in total. The van der Waals surface area contributed by atoms with Crippen molar-refractivity contribution in [2.75, 3.05) is 7.05 Å². The van der Waals surface area contributed by atoms with Crippen LogP contribution in [0.25, 0.3) is 0 Å². The topological polar surface area (TPSA) is 29.1 Å². The van der Waals surface area contributed by atoms with Gasteiger partial charge in [0.05, 0.1) is 5.54 Å². The number of likely N-dealkylation sites (N-methyl/N-ethyl adjacent to an activating group) is 1. The van der Waals surface area contributed by atoms with Crippen molar-refractivity contribution in [3.63, 3.8) is 0 Å². The van der Waals surface area contributed by atoms with Crippen LogP contribution in [0.2, 0.25) is 0 Å². The molecule has 0 saturated carbocycles. The van der Waals surface area contributed by atoms with Gasteiger partial charge in [0.2, 0.25) is 0 Å². The highest BCUT2D eigenvalue weighted by Gasteiger charge is 2.26. The van der Waals surface area contributed by atoms with E-state index >= 15 is 0 Å². The van der Waals surface area contributed by atoms with Crippen LogP contribution in [0.1, 0.15) is 52.4 Å². The van der Waals surface area contributed by atoms with Gasteiger partial charge in [0.15, 0.2) is 0 Å². The molecule has 2 nitrogen and oxygen atoms in total. The first-order valence-electron chi connectivity index (χ1n) is 6.11. The predicted octanol–water partition coefficient (Wildman–Crippen LogP) is 3.24. The molecule has 0 aliphatic carbocycles. The molecule has 0 saturated heterocycles. The van der Waals surface area contributed by atoms with Crippen LogP contribution in [-0.2, 0) is 4.79 Å². The van der Waals surface area contributed by atoms with Gasteiger partial charge in [-0.15, -0.1) is 5.73 Å². The number of carbonyl (C=O) groups is 1. The summed E-state index contributed by atoms with van der Waals surface area (Å²) < 4.78 is 0. The van der Waals surface area contributed by atoms with E-state index in [1.807, 2.05) is 20.0 Å². The van der Waals surface area contributed by atoms with Crippen molar-refractivity contribution in [3.05, 3.63) is 18.4 Å². The summed E-state index contributed by atoms with van der Waals surface area (Å²) in [6, 6.07) is 0. The highest BCUT2D eigenvalue weighted by atomic mass is 16.1. The van der Waals surface area contributed by atoms with Crippen molar-refractivity contribution in [1.29, 1.82) is 0 Å². The molecule has 0 radical (unpaired) electrons. The van der Waals surface area contributed by atoms with E-state index in [1.165, 1.54) is 19.3 Å². The van der Waals surface area contributed by atoms with Gasteiger partial charge in [-0.25, -0.2) is 0 Å². The van der Waals surface area contributed by atoms with Crippen LogP contribution in [-0.4, -0.2) is 18.4 Å². The Balaban J connectivity index is 3.64. The number of ketones is 1. The fraction of sp³-hybridized carbons (Fsp3) is 0.714. The Bertz CT molecular complexity index is 253. The van der Waals surface area contributed by atoms with Crippen LogP contribution < -0.4 is 5.32 Å². The number of rotatable bonds is 9. The zero-order chi connectivity index (χ0) is 12.4. The molecule has 0 bridgehead atoms. The standard InChI is InChI=1S/C14H25NO/c1-5-6-7-8-9-10-11-12-14(3,15-4)13(2)16/h6,15H,1,7-12H2,2-4H3/t14-/m1/s1. The van der Waals surface area contributed by atoms with Crippen LogP contribution in [0.15, 0.2) is 18.4 Å². The molecule has 0 rings (SSSR count). The van der Waals surface area contributed by atoms with Crippen molar-refractivity contribution in [2.24, 2.45) is 0 Å². The lowest BCUT2D eigenvalue weighted by Gasteiger charge is -2.26. The van der Waals surface area contributed by atoms with E-state index < -0.39 is 0 Å². The smallest absolute Gasteiger partial charge is 0.149 e. The molecule has 0 aliphatic rings. The first-order valence-corrected chi connectivity index (χ1v) is 6.11. The van der Waals surface area contributed by atoms with Crippen LogP contribution in [0.3, 0.4) is 0 Å². The quantitative estimate of drug-likeness (QED) is 0.480. The predicted molar refractivity (Wildman–Crippen MR) is 69.6 cm³/mol. The number of nitrogens with one attached hydrogen (secondary N) is 1. The van der Waals surface area contributed by atoms with Gasteiger partial charge >= 0.3 is 0 Å². The number of unbranched alkanes of at least 4 members (excludes halogenated alkanes) is 4. The number of hydrogen-bond acceptors (Lipinski definition) is 2. The molecule has 92 valence electrons. The summed E-state index contributed by atoms with van der Waals surface area (Å²) in [7, 11) is 1.86. The maximum Gasteiger partial charge on any atom is 0.149 e. The lowest BCUT2D eigenvalue weighted by molar-refractivity contribution is -0.122. The van der Waals surface area contributed by atoms with E-state index in [0.717, 1.165) is 19.3 Å². The molecule has 16 heavy (non-hydrogen) atoms. The Kier molecular flexibility index (Phi) is 7.88. The highest BCUT2D eigenvalue weighted by molar-refractivity contribution is 5.85. The Hall–Kier alpha value is -0.850. The fourth-order valence-corrected chi connectivity index (χ4v) is 1.66. The van der Waals surface area contributed by atoms with Crippen LogP contribution in [0.5, 0.6) is 0 Å². The van der Waals surface area contributed by atoms with E-state index in [0.29, 0.717) is 0 Å².